The first-order valence-electron chi connectivity index (χ1n) is 12.4. The Bertz CT molecular complexity index is 1110. The minimum absolute atomic E-state index is 0.0160. The molecule has 12 heteroatoms. The Morgan fingerprint density at radius 2 is 2.03 bits per heavy atom. The average Bonchev–Trinajstić information content (AvgIpc) is 2.85. The van der Waals surface area contributed by atoms with E-state index in [9.17, 15) is 37.2 Å². The number of fused-ring (bicyclic) bond motifs is 3. The lowest BCUT2D eigenvalue weighted by molar-refractivity contribution is -0.194. The van der Waals surface area contributed by atoms with Crippen molar-refractivity contribution in [1.29, 1.82) is 5.26 Å². The molecule has 3 N–H and O–H groups in total. The first-order chi connectivity index (χ1) is 17.5. The molecule has 5 rings (SSSR count). The minimum Gasteiger partial charge on any atom is -0.371 e. The van der Waals surface area contributed by atoms with Gasteiger partial charge in [0.15, 0.2) is 0 Å². The summed E-state index contributed by atoms with van der Waals surface area (Å²) in [6.45, 7) is 1.91. The van der Waals surface area contributed by atoms with Crippen LogP contribution in [0.2, 0.25) is 0 Å². The molecule has 1 aromatic rings. The number of rotatable bonds is 7. The SMILES string of the molecule is C[C@H](Nc1cc(F)ccc1F)C(=O)N1[C@@H]2CC[C@H]([C@@H]1C(=O)N[C@H](C#N)C[C@H]1CCCNC1=O)C(F)(F)C2. The molecule has 4 aliphatic rings. The van der Waals surface area contributed by atoms with E-state index in [1.807, 2.05) is 6.07 Å². The third kappa shape index (κ3) is 5.50. The highest BCUT2D eigenvalue weighted by molar-refractivity contribution is 5.92. The van der Waals surface area contributed by atoms with Crippen molar-refractivity contribution < 1.29 is 31.9 Å². The van der Waals surface area contributed by atoms with Crippen LogP contribution in [0.3, 0.4) is 0 Å². The van der Waals surface area contributed by atoms with E-state index in [0.29, 0.717) is 13.0 Å². The van der Waals surface area contributed by atoms with E-state index in [1.165, 1.54) is 6.92 Å². The van der Waals surface area contributed by atoms with Gasteiger partial charge in [0.25, 0.3) is 5.92 Å². The zero-order valence-electron chi connectivity index (χ0n) is 20.3. The molecule has 0 aromatic heterocycles. The zero-order chi connectivity index (χ0) is 26.9. The number of alkyl halides is 2. The number of hydrogen-bond donors (Lipinski definition) is 3. The third-order valence-corrected chi connectivity index (χ3v) is 7.52. The number of anilines is 1. The van der Waals surface area contributed by atoms with Crippen LogP contribution in [-0.4, -0.2) is 59.3 Å². The lowest BCUT2D eigenvalue weighted by atomic mass is 9.71. The summed E-state index contributed by atoms with van der Waals surface area (Å²) < 4.78 is 57.5. The van der Waals surface area contributed by atoms with Crippen molar-refractivity contribution in [2.24, 2.45) is 11.8 Å². The number of hydrogen-bond acceptors (Lipinski definition) is 5. The maximum absolute atomic E-state index is 14.9. The molecule has 0 radical (unpaired) electrons. The molecule has 3 aliphatic heterocycles. The van der Waals surface area contributed by atoms with Crippen molar-refractivity contribution in [3.8, 4) is 6.07 Å². The van der Waals surface area contributed by atoms with Gasteiger partial charge in [-0.2, -0.15) is 5.26 Å². The monoisotopic (exact) mass is 523 g/mol. The van der Waals surface area contributed by atoms with Crippen LogP contribution in [0.5, 0.6) is 0 Å². The number of carbonyl (C=O) groups excluding carboxylic acids is 3. The van der Waals surface area contributed by atoms with Crippen LogP contribution in [0.25, 0.3) is 0 Å². The van der Waals surface area contributed by atoms with Gasteiger partial charge < -0.3 is 20.9 Å². The number of nitrogens with zero attached hydrogens (tertiary/aromatic N) is 2. The second-order valence-electron chi connectivity index (χ2n) is 10.0. The summed E-state index contributed by atoms with van der Waals surface area (Å²) in [5.74, 6) is -8.52. The van der Waals surface area contributed by atoms with Gasteiger partial charge in [-0.3, -0.25) is 14.4 Å². The lowest BCUT2D eigenvalue weighted by Gasteiger charge is -2.54. The van der Waals surface area contributed by atoms with Crippen molar-refractivity contribution >= 4 is 23.4 Å². The Balaban J connectivity index is 1.54. The second kappa shape index (κ2) is 10.6. The summed E-state index contributed by atoms with van der Waals surface area (Å²) in [6.07, 6.45) is 0.952. The fourth-order valence-electron chi connectivity index (χ4n) is 5.70. The number of nitrogens with one attached hydrogen (secondary N) is 3. The van der Waals surface area contributed by atoms with E-state index < -0.39 is 71.8 Å². The number of amides is 3. The number of carbonyl (C=O) groups is 3. The summed E-state index contributed by atoms with van der Waals surface area (Å²) >= 11 is 0. The van der Waals surface area contributed by atoms with Crippen LogP contribution in [0, 0.1) is 34.8 Å². The molecule has 1 saturated carbocycles. The molecule has 1 aliphatic carbocycles. The first kappa shape index (κ1) is 26.7. The molecule has 3 saturated heterocycles. The molecular formula is C25H29F4N5O3. The molecule has 0 spiro atoms. The molecule has 2 bridgehead atoms. The number of benzene rings is 1. The second-order valence-corrected chi connectivity index (χ2v) is 10.0. The first-order valence-corrected chi connectivity index (χ1v) is 12.4. The van der Waals surface area contributed by atoms with Gasteiger partial charge in [-0.05, 0) is 57.2 Å². The average molecular weight is 524 g/mol. The molecule has 8 nitrogen and oxygen atoms in total. The highest BCUT2D eigenvalue weighted by Crippen LogP contribution is 2.49. The molecule has 37 heavy (non-hydrogen) atoms. The van der Waals surface area contributed by atoms with Crippen LogP contribution in [0.1, 0.15) is 45.4 Å². The Morgan fingerprint density at radius 3 is 2.70 bits per heavy atom. The Kier molecular flexibility index (Phi) is 7.62. The minimum atomic E-state index is -3.20. The molecule has 4 fully saturated rings. The molecule has 1 aromatic carbocycles. The van der Waals surface area contributed by atoms with Gasteiger partial charge in [-0.1, -0.05) is 0 Å². The largest absolute Gasteiger partial charge is 0.371 e. The Hall–Kier alpha value is -3.36. The summed E-state index contributed by atoms with van der Waals surface area (Å²) in [4.78, 5) is 40.0. The van der Waals surface area contributed by atoms with Gasteiger partial charge in [0.05, 0.1) is 17.7 Å². The highest BCUT2D eigenvalue weighted by Gasteiger charge is 2.60. The summed E-state index contributed by atoms with van der Waals surface area (Å²) in [7, 11) is 0. The molecule has 0 unspecified atom stereocenters. The normalized spacial score (nSPS) is 28.0. The third-order valence-electron chi connectivity index (χ3n) is 7.52. The molecule has 3 amide bonds. The van der Waals surface area contributed by atoms with Crippen molar-refractivity contribution in [1.82, 2.24) is 15.5 Å². The van der Waals surface area contributed by atoms with Crippen LogP contribution in [0.15, 0.2) is 18.2 Å². The van der Waals surface area contributed by atoms with Crippen LogP contribution < -0.4 is 16.0 Å². The maximum Gasteiger partial charge on any atom is 0.255 e. The molecule has 3 heterocycles. The standard InChI is InChI=1S/C25H29F4N5O3/c1-13(32-20-10-15(26)4-7-19(20)27)24(37)34-17-5-6-18(25(28,29)11-17)21(34)23(36)33-16(12-30)9-14-3-2-8-31-22(14)35/h4,7,10,13-14,16-18,21,32H,2-3,5-6,8-9,11H2,1H3,(H,31,35)(H,33,36)/t13-,14+,16-,17+,18+,21+/m0/s1. The Morgan fingerprint density at radius 1 is 1.27 bits per heavy atom. The zero-order valence-corrected chi connectivity index (χ0v) is 20.3. The number of nitriles is 1. The smallest absolute Gasteiger partial charge is 0.255 e. The van der Waals surface area contributed by atoms with E-state index >= 15 is 0 Å². The van der Waals surface area contributed by atoms with Crippen LogP contribution in [-0.2, 0) is 14.4 Å². The Labute approximate surface area is 211 Å². The van der Waals surface area contributed by atoms with Gasteiger partial charge in [0.1, 0.15) is 29.8 Å². The quantitative estimate of drug-likeness (QED) is 0.476. The summed E-state index contributed by atoms with van der Waals surface area (Å²) in [5, 5.41) is 17.4. The van der Waals surface area contributed by atoms with Crippen molar-refractivity contribution in [3.05, 3.63) is 29.8 Å². The van der Waals surface area contributed by atoms with Gasteiger partial charge in [0.2, 0.25) is 17.7 Å². The van der Waals surface area contributed by atoms with Crippen LogP contribution >= 0.6 is 0 Å². The molecule has 200 valence electrons. The fourth-order valence-corrected chi connectivity index (χ4v) is 5.70. The fraction of sp³-hybridized carbons (Fsp3) is 0.600. The van der Waals surface area contributed by atoms with Gasteiger partial charge >= 0.3 is 0 Å². The number of piperidine rings is 3. The lowest BCUT2D eigenvalue weighted by Crippen LogP contribution is -2.70. The topological polar surface area (TPSA) is 114 Å². The van der Waals surface area contributed by atoms with Crippen molar-refractivity contribution in [2.45, 2.75) is 75.5 Å². The maximum atomic E-state index is 14.9. The van der Waals surface area contributed by atoms with E-state index in [2.05, 4.69) is 16.0 Å². The van der Waals surface area contributed by atoms with E-state index in [1.54, 1.807) is 0 Å². The van der Waals surface area contributed by atoms with E-state index in [0.717, 1.165) is 29.5 Å². The van der Waals surface area contributed by atoms with Crippen molar-refractivity contribution in [3.63, 3.8) is 0 Å². The highest BCUT2D eigenvalue weighted by atomic mass is 19.3. The van der Waals surface area contributed by atoms with Crippen molar-refractivity contribution in [2.75, 3.05) is 11.9 Å². The van der Waals surface area contributed by atoms with Crippen LogP contribution in [0.4, 0.5) is 23.2 Å². The van der Waals surface area contributed by atoms with E-state index in [-0.39, 0.29) is 30.9 Å². The molecule has 6 atom stereocenters. The predicted molar refractivity (Wildman–Crippen MR) is 124 cm³/mol. The predicted octanol–water partition coefficient (Wildman–Crippen LogP) is 2.70. The van der Waals surface area contributed by atoms with Gasteiger partial charge in [0, 0.05) is 24.9 Å². The van der Waals surface area contributed by atoms with Gasteiger partial charge in [-0.25, -0.2) is 17.6 Å². The summed E-state index contributed by atoms with van der Waals surface area (Å²) in [5.41, 5.74) is -0.273. The van der Waals surface area contributed by atoms with Gasteiger partial charge in [-0.15, -0.1) is 0 Å². The molecular weight excluding hydrogens is 494 g/mol. The summed E-state index contributed by atoms with van der Waals surface area (Å²) in [6, 6.07) is -0.139. The number of halogens is 4. The van der Waals surface area contributed by atoms with E-state index in [4.69, 9.17) is 0 Å².